The number of hydrogen-bond acceptors (Lipinski definition) is 4. The van der Waals surface area contributed by atoms with E-state index in [1.165, 1.54) is 4.90 Å². The fourth-order valence-electron chi connectivity index (χ4n) is 2.98. The first-order chi connectivity index (χ1) is 13.6. The maximum absolute atomic E-state index is 12.6. The number of anilines is 2. The van der Waals surface area contributed by atoms with Crippen molar-refractivity contribution in [3.8, 4) is 5.75 Å². The molecule has 142 valence electrons. The number of benzene rings is 2. The van der Waals surface area contributed by atoms with E-state index in [4.69, 9.17) is 16.3 Å². The molecule has 0 aliphatic carbocycles. The minimum Gasteiger partial charge on any atom is -0.482 e. The lowest BCUT2D eigenvalue weighted by Gasteiger charge is -2.28. The van der Waals surface area contributed by atoms with E-state index in [-0.39, 0.29) is 25.0 Å². The van der Waals surface area contributed by atoms with Crippen molar-refractivity contribution in [3.05, 3.63) is 71.4 Å². The highest BCUT2D eigenvalue weighted by Crippen LogP contribution is 2.31. The lowest BCUT2D eigenvalue weighted by atomic mass is 10.2. The van der Waals surface area contributed by atoms with Gasteiger partial charge in [-0.2, -0.15) is 5.10 Å². The van der Waals surface area contributed by atoms with Crippen molar-refractivity contribution in [2.24, 2.45) is 0 Å². The Kier molecular flexibility index (Phi) is 4.99. The first-order valence-corrected chi connectivity index (χ1v) is 9.06. The van der Waals surface area contributed by atoms with Crippen LogP contribution in [0.5, 0.6) is 5.75 Å². The van der Waals surface area contributed by atoms with Crippen LogP contribution in [-0.4, -0.2) is 34.7 Å². The second-order valence-corrected chi connectivity index (χ2v) is 6.72. The molecule has 0 saturated heterocycles. The van der Waals surface area contributed by atoms with E-state index in [0.29, 0.717) is 28.8 Å². The van der Waals surface area contributed by atoms with Crippen molar-refractivity contribution >= 4 is 34.9 Å². The van der Waals surface area contributed by atoms with Gasteiger partial charge in [0.2, 0.25) is 5.91 Å². The summed E-state index contributed by atoms with van der Waals surface area (Å²) in [4.78, 5) is 26.2. The number of aromatic nitrogens is 2. The van der Waals surface area contributed by atoms with Gasteiger partial charge in [-0.15, -0.1) is 0 Å². The summed E-state index contributed by atoms with van der Waals surface area (Å²) in [5.74, 6) is 0.558. The number of carbonyl (C=O) groups is 2. The molecule has 0 saturated carbocycles. The van der Waals surface area contributed by atoms with Crippen LogP contribution in [0.1, 0.15) is 5.56 Å². The fraction of sp³-hybridized carbons (Fsp3) is 0.150. The predicted octanol–water partition coefficient (Wildman–Crippen LogP) is 2.95. The number of rotatable bonds is 5. The molecular weight excluding hydrogens is 380 g/mol. The molecule has 0 bridgehead atoms. The molecule has 1 N–H and O–H groups in total. The third kappa shape index (κ3) is 3.84. The Morgan fingerprint density at radius 1 is 1.14 bits per heavy atom. The number of carbonyl (C=O) groups excluding carboxylic acids is 2. The second kappa shape index (κ2) is 7.74. The maximum atomic E-state index is 12.6. The van der Waals surface area contributed by atoms with Gasteiger partial charge in [0.25, 0.3) is 5.91 Å². The second-order valence-electron chi connectivity index (χ2n) is 6.29. The van der Waals surface area contributed by atoms with Crippen molar-refractivity contribution in [2.45, 2.75) is 6.54 Å². The van der Waals surface area contributed by atoms with Crippen molar-refractivity contribution in [3.63, 3.8) is 0 Å². The van der Waals surface area contributed by atoms with Crippen molar-refractivity contribution in [2.75, 3.05) is 23.4 Å². The van der Waals surface area contributed by atoms with Crippen LogP contribution in [-0.2, 0) is 16.1 Å². The summed E-state index contributed by atoms with van der Waals surface area (Å²) in [6.07, 6.45) is 1.61. The van der Waals surface area contributed by atoms with Crippen LogP contribution in [0, 0.1) is 0 Å². The highest BCUT2D eigenvalue weighted by Gasteiger charge is 2.27. The number of amides is 2. The van der Waals surface area contributed by atoms with Crippen LogP contribution in [0.4, 0.5) is 11.5 Å². The molecule has 0 unspecified atom stereocenters. The minimum atomic E-state index is -0.317. The zero-order valence-corrected chi connectivity index (χ0v) is 15.6. The molecule has 28 heavy (non-hydrogen) atoms. The van der Waals surface area contributed by atoms with Gasteiger partial charge in [0.05, 0.1) is 18.4 Å². The summed E-state index contributed by atoms with van der Waals surface area (Å²) < 4.78 is 7.08. The zero-order valence-electron chi connectivity index (χ0n) is 14.8. The summed E-state index contributed by atoms with van der Waals surface area (Å²) in [5.41, 5.74) is 1.59. The Morgan fingerprint density at radius 3 is 2.75 bits per heavy atom. The molecule has 2 aromatic carbocycles. The third-order valence-corrected chi connectivity index (χ3v) is 4.59. The lowest BCUT2D eigenvalue weighted by molar-refractivity contribution is -0.123. The summed E-state index contributed by atoms with van der Waals surface area (Å²) in [6, 6.07) is 16.3. The molecule has 3 aromatic rings. The molecule has 8 heteroatoms. The smallest absolute Gasteiger partial charge is 0.265 e. The van der Waals surface area contributed by atoms with Gasteiger partial charge in [0.15, 0.2) is 6.61 Å². The molecule has 7 nitrogen and oxygen atoms in total. The van der Waals surface area contributed by atoms with Gasteiger partial charge < -0.3 is 10.1 Å². The molecule has 0 radical (unpaired) electrons. The Balaban J connectivity index is 1.46. The number of halogens is 1. The number of nitrogens with one attached hydrogen (secondary N) is 1. The number of para-hydroxylation sites is 2. The molecule has 1 aromatic heterocycles. The number of fused-ring (bicyclic) bond motifs is 1. The van der Waals surface area contributed by atoms with E-state index in [1.807, 2.05) is 18.2 Å². The Bertz CT molecular complexity index is 1020. The third-order valence-electron chi connectivity index (χ3n) is 4.34. The fourth-order valence-corrected chi connectivity index (χ4v) is 3.11. The predicted molar refractivity (Wildman–Crippen MR) is 106 cm³/mol. The summed E-state index contributed by atoms with van der Waals surface area (Å²) in [5, 5.41) is 7.74. The van der Waals surface area contributed by atoms with Crippen molar-refractivity contribution < 1.29 is 14.3 Å². The summed E-state index contributed by atoms with van der Waals surface area (Å²) in [6.45, 7) is 0.295. The quantitative estimate of drug-likeness (QED) is 0.719. The van der Waals surface area contributed by atoms with Crippen molar-refractivity contribution in [1.29, 1.82) is 0 Å². The molecule has 0 fully saturated rings. The maximum Gasteiger partial charge on any atom is 0.265 e. The summed E-state index contributed by atoms with van der Waals surface area (Å²) in [7, 11) is 0. The average Bonchev–Trinajstić information content (AvgIpc) is 3.12. The zero-order chi connectivity index (χ0) is 19.5. The topological polar surface area (TPSA) is 76.5 Å². The van der Waals surface area contributed by atoms with Gasteiger partial charge in [0, 0.05) is 11.1 Å². The highest BCUT2D eigenvalue weighted by molar-refractivity contribution is 6.30. The molecule has 2 heterocycles. The van der Waals surface area contributed by atoms with Crippen LogP contribution in [0.2, 0.25) is 5.02 Å². The Morgan fingerprint density at radius 2 is 1.93 bits per heavy atom. The normalized spacial score (nSPS) is 13.0. The van der Waals surface area contributed by atoms with E-state index in [1.54, 1.807) is 47.3 Å². The van der Waals surface area contributed by atoms with Crippen LogP contribution in [0.15, 0.2) is 60.8 Å². The number of ether oxygens (including phenoxy) is 1. The number of hydrogen-bond donors (Lipinski definition) is 1. The SMILES string of the molecule is O=C(CN1C(=O)COc2ccccc21)Nc1ccnn1Cc1ccc(Cl)cc1. The Hall–Kier alpha value is -3.32. The van der Waals surface area contributed by atoms with Gasteiger partial charge in [-0.25, -0.2) is 4.68 Å². The number of nitrogens with zero attached hydrogens (tertiary/aromatic N) is 3. The monoisotopic (exact) mass is 396 g/mol. The van der Waals surface area contributed by atoms with E-state index >= 15 is 0 Å². The largest absolute Gasteiger partial charge is 0.482 e. The minimum absolute atomic E-state index is 0.0845. The van der Waals surface area contributed by atoms with Gasteiger partial charge in [0.1, 0.15) is 18.1 Å². The highest BCUT2D eigenvalue weighted by atomic mass is 35.5. The van der Waals surface area contributed by atoms with E-state index in [0.717, 1.165) is 5.56 Å². The van der Waals surface area contributed by atoms with Gasteiger partial charge in [-0.3, -0.25) is 14.5 Å². The van der Waals surface area contributed by atoms with Crippen LogP contribution in [0.25, 0.3) is 0 Å². The first kappa shape index (κ1) is 18.1. The molecule has 0 spiro atoms. The van der Waals surface area contributed by atoms with E-state index in [2.05, 4.69) is 10.4 Å². The molecule has 4 rings (SSSR count). The summed E-state index contributed by atoms with van der Waals surface area (Å²) >= 11 is 5.91. The van der Waals surface area contributed by atoms with Crippen LogP contribution >= 0.6 is 11.6 Å². The van der Waals surface area contributed by atoms with Gasteiger partial charge in [-0.05, 0) is 29.8 Å². The van der Waals surface area contributed by atoms with Gasteiger partial charge >= 0.3 is 0 Å². The molecule has 2 amide bonds. The average molecular weight is 397 g/mol. The molecule has 0 atom stereocenters. The van der Waals surface area contributed by atoms with Gasteiger partial charge in [-0.1, -0.05) is 35.9 Å². The standard InChI is InChI=1S/C20H17ClN4O3/c21-15-7-5-14(6-8-15)11-25-18(9-10-22-25)23-19(26)12-24-16-3-1-2-4-17(16)28-13-20(24)27/h1-10H,11-13H2,(H,23,26). The van der Waals surface area contributed by atoms with Crippen molar-refractivity contribution in [1.82, 2.24) is 9.78 Å². The van der Waals surface area contributed by atoms with Crippen LogP contribution in [0.3, 0.4) is 0 Å². The molecule has 1 aliphatic rings. The Labute approximate surface area is 166 Å². The molecular formula is C20H17ClN4O3. The lowest BCUT2D eigenvalue weighted by Crippen LogP contribution is -2.43. The first-order valence-electron chi connectivity index (χ1n) is 8.68. The van der Waals surface area contributed by atoms with E-state index < -0.39 is 0 Å². The van der Waals surface area contributed by atoms with E-state index in [9.17, 15) is 9.59 Å². The van der Waals surface area contributed by atoms with Crippen LogP contribution < -0.4 is 15.0 Å². The molecule has 1 aliphatic heterocycles.